The van der Waals surface area contributed by atoms with Crippen molar-refractivity contribution in [2.75, 3.05) is 0 Å². The third-order valence-corrected chi connectivity index (χ3v) is 6.80. The van der Waals surface area contributed by atoms with E-state index in [0.29, 0.717) is 24.0 Å². The van der Waals surface area contributed by atoms with E-state index in [1.807, 2.05) is 6.08 Å². The van der Waals surface area contributed by atoms with Gasteiger partial charge < -0.3 is 0 Å². The average molecular weight is 319 g/mol. The van der Waals surface area contributed by atoms with Gasteiger partial charge in [-0.1, -0.05) is 51.4 Å². The van der Waals surface area contributed by atoms with Gasteiger partial charge in [-0.2, -0.15) is 0 Å². The van der Waals surface area contributed by atoms with Gasteiger partial charge in [0.15, 0.2) is 5.78 Å². The zero-order chi connectivity index (χ0) is 16.3. The molecule has 0 N–H and O–H groups in total. The summed E-state index contributed by atoms with van der Waals surface area (Å²) in [5, 5.41) is 1.13. The molecule has 0 aromatic carbocycles. The zero-order valence-electron chi connectivity index (χ0n) is 14.5. The Kier molecular flexibility index (Phi) is 6.01. The SMILES string of the molecule is C=CC[C@@H]1CC(=O)C([Si](C)(C)C)=C[C@H]1CC#C[Si](C)(C)C. The highest BCUT2D eigenvalue weighted by atomic mass is 28.3. The maximum absolute atomic E-state index is 12.4. The van der Waals surface area contributed by atoms with Crippen LogP contribution < -0.4 is 0 Å². The fourth-order valence-corrected chi connectivity index (χ4v) is 5.03. The molecule has 2 atom stereocenters. The summed E-state index contributed by atoms with van der Waals surface area (Å²) >= 11 is 0. The number of carbonyl (C=O) groups is 1. The van der Waals surface area contributed by atoms with Crippen LogP contribution in [0.25, 0.3) is 0 Å². The molecule has 0 saturated carbocycles. The highest BCUT2D eigenvalue weighted by molar-refractivity contribution is 6.87. The van der Waals surface area contributed by atoms with Gasteiger partial charge in [0.2, 0.25) is 0 Å². The molecule has 3 heteroatoms. The highest BCUT2D eigenvalue weighted by Crippen LogP contribution is 2.34. The van der Waals surface area contributed by atoms with Gasteiger partial charge in [0.05, 0.1) is 8.07 Å². The van der Waals surface area contributed by atoms with E-state index in [1.54, 1.807) is 0 Å². The van der Waals surface area contributed by atoms with Crippen molar-refractivity contribution in [3.8, 4) is 11.5 Å². The molecule has 0 unspecified atom stereocenters. The van der Waals surface area contributed by atoms with E-state index in [4.69, 9.17) is 0 Å². The maximum Gasteiger partial charge on any atom is 0.154 e. The molecule has 0 radical (unpaired) electrons. The molecule has 0 heterocycles. The molecule has 0 aromatic heterocycles. The van der Waals surface area contributed by atoms with Crippen LogP contribution in [0.15, 0.2) is 23.9 Å². The monoisotopic (exact) mass is 318 g/mol. The van der Waals surface area contributed by atoms with Crippen LogP contribution >= 0.6 is 0 Å². The van der Waals surface area contributed by atoms with Gasteiger partial charge in [-0.15, -0.1) is 18.0 Å². The Bertz CT molecular complexity index is 492. The van der Waals surface area contributed by atoms with Crippen LogP contribution in [0.4, 0.5) is 0 Å². The van der Waals surface area contributed by atoms with E-state index in [0.717, 1.165) is 18.0 Å². The summed E-state index contributed by atoms with van der Waals surface area (Å²) in [6.45, 7) is 17.4. The number of allylic oxidation sites excluding steroid dienone is 3. The van der Waals surface area contributed by atoms with E-state index < -0.39 is 16.1 Å². The number of ketones is 1. The van der Waals surface area contributed by atoms with Crippen molar-refractivity contribution < 1.29 is 4.79 Å². The summed E-state index contributed by atoms with van der Waals surface area (Å²) in [4.78, 5) is 12.4. The average Bonchev–Trinajstić information content (AvgIpc) is 2.29. The van der Waals surface area contributed by atoms with Crippen molar-refractivity contribution in [3.05, 3.63) is 23.9 Å². The lowest BCUT2D eigenvalue weighted by Crippen LogP contribution is -2.35. The first-order chi connectivity index (χ1) is 9.54. The van der Waals surface area contributed by atoms with E-state index in [1.165, 1.54) is 0 Å². The van der Waals surface area contributed by atoms with Crippen LogP contribution in [0.5, 0.6) is 0 Å². The molecule has 1 aliphatic carbocycles. The number of carbonyl (C=O) groups excluding carboxylic acids is 1. The normalized spacial score (nSPS) is 23.1. The van der Waals surface area contributed by atoms with E-state index >= 15 is 0 Å². The second-order valence-electron chi connectivity index (χ2n) is 8.16. The van der Waals surface area contributed by atoms with Crippen LogP contribution in [0, 0.1) is 23.3 Å². The number of hydrogen-bond acceptors (Lipinski definition) is 1. The first-order valence-electron chi connectivity index (χ1n) is 7.91. The van der Waals surface area contributed by atoms with Crippen LogP contribution in [0.1, 0.15) is 19.3 Å². The Morgan fingerprint density at radius 1 is 1.29 bits per heavy atom. The molecule has 0 amide bonds. The molecule has 116 valence electrons. The fourth-order valence-electron chi connectivity index (χ4n) is 2.74. The van der Waals surface area contributed by atoms with Gasteiger partial charge in [0.1, 0.15) is 8.07 Å². The molecular weight excluding hydrogens is 288 g/mol. The Morgan fingerprint density at radius 3 is 2.38 bits per heavy atom. The molecule has 1 rings (SSSR count). The third kappa shape index (κ3) is 5.80. The lowest BCUT2D eigenvalue weighted by Gasteiger charge is -2.32. The smallest absolute Gasteiger partial charge is 0.154 e. The van der Waals surface area contributed by atoms with Crippen molar-refractivity contribution in [1.29, 1.82) is 0 Å². The van der Waals surface area contributed by atoms with E-state index in [2.05, 4.69) is 63.4 Å². The summed E-state index contributed by atoms with van der Waals surface area (Å²) in [7, 11) is -2.85. The molecule has 0 saturated heterocycles. The van der Waals surface area contributed by atoms with Crippen molar-refractivity contribution in [2.24, 2.45) is 11.8 Å². The lowest BCUT2D eigenvalue weighted by molar-refractivity contribution is -0.116. The zero-order valence-corrected chi connectivity index (χ0v) is 16.5. The Balaban J connectivity index is 3.02. The Labute approximate surface area is 132 Å². The quantitative estimate of drug-likeness (QED) is 0.412. The summed E-state index contributed by atoms with van der Waals surface area (Å²) in [6.07, 6.45) is 6.71. The molecule has 1 aliphatic rings. The minimum Gasteiger partial charge on any atom is -0.295 e. The second kappa shape index (κ2) is 6.94. The van der Waals surface area contributed by atoms with Crippen molar-refractivity contribution in [1.82, 2.24) is 0 Å². The molecule has 0 fully saturated rings. The van der Waals surface area contributed by atoms with E-state index in [-0.39, 0.29) is 0 Å². The van der Waals surface area contributed by atoms with Crippen LogP contribution in [0.2, 0.25) is 39.3 Å². The third-order valence-electron chi connectivity index (χ3n) is 3.81. The topological polar surface area (TPSA) is 17.1 Å². The van der Waals surface area contributed by atoms with Gasteiger partial charge in [-0.05, 0) is 23.5 Å². The maximum atomic E-state index is 12.4. The van der Waals surface area contributed by atoms with Crippen molar-refractivity contribution >= 4 is 21.9 Å². The predicted molar refractivity (Wildman–Crippen MR) is 98.6 cm³/mol. The van der Waals surface area contributed by atoms with Crippen LogP contribution in [0.3, 0.4) is 0 Å². The van der Waals surface area contributed by atoms with Crippen LogP contribution in [-0.4, -0.2) is 21.9 Å². The standard InChI is InChI=1S/C18H30OSi2/c1-8-10-15-13-17(19)18(21(5,6)7)14-16(15)11-9-12-20(2,3)4/h8,14-16H,1,10-11,13H2,2-7H3/t15-,16-/m1/s1. The lowest BCUT2D eigenvalue weighted by atomic mass is 9.79. The first kappa shape index (κ1) is 18.2. The minimum absolute atomic E-state index is 0.371. The molecule has 0 aromatic rings. The largest absolute Gasteiger partial charge is 0.295 e. The summed E-state index contributed by atoms with van der Waals surface area (Å²) in [5.74, 6) is 4.59. The number of rotatable bonds is 4. The van der Waals surface area contributed by atoms with Gasteiger partial charge in [0.25, 0.3) is 0 Å². The fraction of sp³-hybridized carbons (Fsp3) is 0.611. The minimum atomic E-state index is -1.54. The van der Waals surface area contributed by atoms with E-state index in [9.17, 15) is 4.79 Å². The van der Waals surface area contributed by atoms with Crippen molar-refractivity contribution in [2.45, 2.75) is 58.5 Å². The summed E-state index contributed by atoms with van der Waals surface area (Å²) < 4.78 is 0. The second-order valence-corrected chi connectivity index (χ2v) is 18.0. The number of Topliss-reactive ketones (excluding diaryl/α,β-unsaturated/α-hetero) is 1. The number of hydrogen-bond donors (Lipinski definition) is 0. The van der Waals surface area contributed by atoms with Gasteiger partial charge >= 0.3 is 0 Å². The summed E-state index contributed by atoms with van der Waals surface area (Å²) in [5.41, 5.74) is 3.46. The molecule has 1 nitrogen and oxygen atoms in total. The van der Waals surface area contributed by atoms with Crippen molar-refractivity contribution in [3.63, 3.8) is 0 Å². The molecular formula is C18H30OSi2. The summed E-state index contributed by atoms with van der Waals surface area (Å²) in [6, 6.07) is 0. The predicted octanol–water partition coefficient (Wildman–Crippen LogP) is 4.84. The first-order valence-corrected chi connectivity index (χ1v) is 14.9. The molecule has 0 bridgehead atoms. The van der Waals surface area contributed by atoms with Gasteiger partial charge in [-0.3, -0.25) is 4.79 Å². The van der Waals surface area contributed by atoms with Crippen LogP contribution in [-0.2, 0) is 4.79 Å². The molecule has 0 spiro atoms. The Morgan fingerprint density at radius 2 is 1.90 bits per heavy atom. The van der Waals surface area contributed by atoms with Gasteiger partial charge in [0, 0.05) is 12.8 Å². The van der Waals surface area contributed by atoms with Gasteiger partial charge in [-0.25, -0.2) is 0 Å². The highest BCUT2D eigenvalue weighted by Gasteiger charge is 2.34. The molecule has 21 heavy (non-hydrogen) atoms. The Hall–Kier alpha value is -0.856. The molecule has 0 aliphatic heterocycles.